The minimum Gasteiger partial charge on any atom is -0.355 e. The lowest BCUT2D eigenvalue weighted by molar-refractivity contribution is -0.118. The summed E-state index contributed by atoms with van der Waals surface area (Å²) in [5, 5.41) is 12.9. The van der Waals surface area contributed by atoms with Crippen LogP contribution in [0.25, 0.3) is 11.4 Å². The maximum atomic E-state index is 11.9. The summed E-state index contributed by atoms with van der Waals surface area (Å²) in [5.41, 5.74) is 0.963. The average Bonchev–Trinajstić information content (AvgIpc) is 3.00. The molecule has 0 atom stereocenters. The molecule has 0 saturated carbocycles. The van der Waals surface area contributed by atoms with Crippen LogP contribution in [0.1, 0.15) is 33.1 Å². The third kappa shape index (κ3) is 5.24. The van der Waals surface area contributed by atoms with Gasteiger partial charge in [-0.15, -0.1) is 10.2 Å². The first kappa shape index (κ1) is 18.8. The Morgan fingerprint density at radius 2 is 1.96 bits per heavy atom. The van der Waals surface area contributed by atoms with Gasteiger partial charge in [0.15, 0.2) is 11.0 Å². The number of halogens is 1. The predicted octanol–water partition coefficient (Wildman–Crippen LogP) is 4.02. The number of aromatic nitrogens is 3. The van der Waals surface area contributed by atoms with Gasteiger partial charge in [-0.2, -0.15) is 0 Å². The van der Waals surface area contributed by atoms with Crippen LogP contribution in [0.3, 0.4) is 0 Å². The van der Waals surface area contributed by atoms with E-state index in [1.807, 2.05) is 35.8 Å². The van der Waals surface area contributed by atoms with E-state index in [9.17, 15) is 4.79 Å². The minimum absolute atomic E-state index is 0.0369. The van der Waals surface area contributed by atoms with E-state index in [-0.39, 0.29) is 5.91 Å². The molecule has 1 aromatic carbocycles. The Morgan fingerprint density at radius 3 is 2.62 bits per heavy atom. The highest BCUT2D eigenvalue weighted by Gasteiger charge is 2.14. The molecule has 1 N–H and O–H groups in total. The van der Waals surface area contributed by atoms with Crippen molar-refractivity contribution in [2.45, 2.75) is 44.8 Å². The van der Waals surface area contributed by atoms with Crippen molar-refractivity contribution in [3.05, 3.63) is 29.3 Å². The molecule has 0 aliphatic heterocycles. The third-order valence-corrected chi connectivity index (χ3v) is 4.79. The van der Waals surface area contributed by atoms with Crippen LogP contribution in [-0.4, -0.2) is 33.0 Å². The monoisotopic (exact) mass is 366 g/mol. The van der Waals surface area contributed by atoms with E-state index in [0.717, 1.165) is 48.9 Å². The SMILES string of the molecule is CCCCCNC(=O)CSc1nnc(-c2ccc(Cl)cc2)n1CC. The highest BCUT2D eigenvalue weighted by molar-refractivity contribution is 7.99. The lowest BCUT2D eigenvalue weighted by Gasteiger charge is -2.08. The fraction of sp³-hybridized carbons (Fsp3) is 0.471. The molecule has 0 aliphatic rings. The van der Waals surface area contributed by atoms with Gasteiger partial charge in [0, 0.05) is 23.7 Å². The van der Waals surface area contributed by atoms with Gasteiger partial charge in [0.25, 0.3) is 0 Å². The van der Waals surface area contributed by atoms with Gasteiger partial charge in [0.2, 0.25) is 5.91 Å². The van der Waals surface area contributed by atoms with Crippen LogP contribution in [0.5, 0.6) is 0 Å². The van der Waals surface area contributed by atoms with Crippen molar-refractivity contribution in [3.63, 3.8) is 0 Å². The first-order valence-electron chi connectivity index (χ1n) is 8.24. The molecule has 2 aromatic rings. The predicted molar refractivity (Wildman–Crippen MR) is 99.4 cm³/mol. The number of rotatable bonds is 9. The van der Waals surface area contributed by atoms with Crippen LogP contribution in [0.2, 0.25) is 5.02 Å². The second-order valence-corrected chi connectivity index (χ2v) is 6.78. The van der Waals surface area contributed by atoms with Crippen molar-refractivity contribution in [3.8, 4) is 11.4 Å². The molecule has 1 aromatic heterocycles. The van der Waals surface area contributed by atoms with E-state index in [2.05, 4.69) is 22.4 Å². The van der Waals surface area contributed by atoms with E-state index in [0.29, 0.717) is 10.8 Å². The summed E-state index contributed by atoms with van der Waals surface area (Å²) in [6.07, 6.45) is 3.32. The number of hydrogen-bond donors (Lipinski definition) is 1. The Hall–Kier alpha value is -1.53. The Balaban J connectivity index is 1.96. The smallest absolute Gasteiger partial charge is 0.230 e. The number of carbonyl (C=O) groups is 1. The zero-order valence-electron chi connectivity index (χ0n) is 14.1. The first-order chi connectivity index (χ1) is 11.7. The van der Waals surface area contributed by atoms with Crippen molar-refractivity contribution in [2.24, 2.45) is 0 Å². The summed E-state index contributed by atoms with van der Waals surface area (Å²) >= 11 is 7.35. The Morgan fingerprint density at radius 1 is 1.21 bits per heavy atom. The second-order valence-electron chi connectivity index (χ2n) is 5.40. The molecule has 7 heteroatoms. The molecule has 0 radical (unpaired) electrons. The second kappa shape index (κ2) is 9.69. The summed E-state index contributed by atoms with van der Waals surface area (Å²) < 4.78 is 2.01. The largest absolute Gasteiger partial charge is 0.355 e. The lowest BCUT2D eigenvalue weighted by atomic mass is 10.2. The molecule has 130 valence electrons. The first-order valence-corrected chi connectivity index (χ1v) is 9.60. The van der Waals surface area contributed by atoms with E-state index in [1.165, 1.54) is 11.8 Å². The van der Waals surface area contributed by atoms with Crippen molar-refractivity contribution in [2.75, 3.05) is 12.3 Å². The molecule has 1 heterocycles. The summed E-state index contributed by atoms with van der Waals surface area (Å²) in [6.45, 7) is 5.67. The van der Waals surface area contributed by atoms with Gasteiger partial charge in [-0.25, -0.2) is 0 Å². The standard InChI is InChI=1S/C17H23ClN4OS/c1-3-5-6-11-19-15(23)12-24-17-21-20-16(22(17)4-2)13-7-9-14(18)10-8-13/h7-10H,3-6,11-12H2,1-2H3,(H,19,23). The van der Waals surface area contributed by atoms with Gasteiger partial charge >= 0.3 is 0 Å². The summed E-state index contributed by atoms with van der Waals surface area (Å²) in [4.78, 5) is 11.9. The normalized spacial score (nSPS) is 10.8. The number of hydrogen-bond acceptors (Lipinski definition) is 4. The number of nitrogens with zero attached hydrogens (tertiary/aromatic N) is 3. The highest BCUT2D eigenvalue weighted by Crippen LogP contribution is 2.24. The van der Waals surface area contributed by atoms with Gasteiger partial charge < -0.3 is 9.88 Å². The molecule has 0 unspecified atom stereocenters. The molecule has 0 fully saturated rings. The Kier molecular flexibility index (Phi) is 7.59. The third-order valence-electron chi connectivity index (χ3n) is 3.57. The van der Waals surface area contributed by atoms with E-state index in [1.54, 1.807) is 0 Å². The minimum atomic E-state index is 0.0369. The molecule has 0 aliphatic carbocycles. The molecular weight excluding hydrogens is 344 g/mol. The molecule has 2 rings (SSSR count). The molecule has 24 heavy (non-hydrogen) atoms. The number of benzene rings is 1. The highest BCUT2D eigenvalue weighted by atomic mass is 35.5. The maximum absolute atomic E-state index is 11.9. The number of amides is 1. The number of thioether (sulfide) groups is 1. The number of carbonyl (C=O) groups excluding carboxylic acids is 1. The summed E-state index contributed by atoms with van der Waals surface area (Å²) in [7, 11) is 0. The fourth-order valence-corrected chi connectivity index (χ4v) is 3.24. The van der Waals surface area contributed by atoms with Crippen molar-refractivity contribution in [1.82, 2.24) is 20.1 Å². The van der Waals surface area contributed by atoms with E-state index in [4.69, 9.17) is 11.6 Å². The van der Waals surface area contributed by atoms with Crippen LogP contribution in [0, 0.1) is 0 Å². The van der Waals surface area contributed by atoms with Gasteiger partial charge in [0.05, 0.1) is 5.75 Å². The molecule has 0 bridgehead atoms. The number of unbranched alkanes of at least 4 members (excludes halogenated alkanes) is 2. The molecule has 0 spiro atoms. The van der Waals surface area contributed by atoms with E-state index >= 15 is 0 Å². The lowest BCUT2D eigenvalue weighted by Crippen LogP contribution is -2.26. The quantitative estimate of drug-likeness (QED) is 0.538. The summed E-state index contributed by atoms with van der Waals surface area (Å²) in [5.74, 6) is 1.18. The maximum Gasteiger partial charge on any atom is 0.230 e. The zero-order chi connectivity index (χ0) is 17.4. The molecule has 0 saturated heterocycles. The Labute approximate surface area is 152 Å². The van der Waals surface area contributed by atoms with Gasteiger partial charge in [-0.3, -0.25) is 4.79 Å². The van der Waals surface area contributed by atoms with Gasteiger partial charge in [0.1, 0.15) is 0 Å². The van der Waals surface area contributed by atoms with Crippen LogP contribution < -0.4 is 5.32 Å². The van der Waals surface area contributed by atoms with Crippen LogP contribution in [-0.2, 0) is 11.3 Å². The molecule has 5 nitrogen and oxygen atoms in total. The zero-order valence-corrected chi connectivity index (χ0v) is 15.7. The average molecular weight is 367 g/mol. The van der Waals surface area contributed by atoms with Crippen LogP contribution in [0.15, 0.2) is 29.4 Å². The molecular formula is C17H23ClN4OS. The fourth-order valence-electron chi connectivity index (χ4n) is 2.28. The summed E-state index contributed by atoms with van der Waals surface area (Å²) in [6, 6.07) is 7.52. The van der Waals surface area contributed by atoms with Crippen molar-refractivity contribution >= 4 is 29.3 Å². The van der Waals surface area contributed by atoms with Crippen LogP contribution in [0.4, 0.5) is 0 Å². The topological polar surface area (TPSA) is 59.8 Å². The number of nitrogens with one attached hydrogen (secondary N) is 1. The molecule has 1 amide bonds. The van der Waals surface area contributed by atoms with Crippen LogP contribution >= 0.6 is 23.4 Å². The van der Waals surface area contributed by atoms with Crippen molar-refractivity contribution in [1.29, 1.82) is 0 Å². The van der Waals surface area contributed by atoms with Gasteiger partial charge in [-0.05, 0) is 37.6 Å². The van der Waals surface area contributed by atoms with Gasteiger partial charge in [-0.1, -0.05) is 43.1 Å². The van der Waals surface area contributed by atoms with Crippen molar-refractivity contribution < 1.29 is 4.79 Å². The Bertz CT molecular complexity index is 657. The van der Waals surface area contributed by atoms with E-state index < -0.39 is 0 Å².